The number of carbonyl (C=O) groups is 1. The van der Waals surface area contributed by atoms with Crippen LogP contribution in [-0.2, 0) is 14.8 Å². The van der Waals surface area contributed by atoms with Crippen molar-refractivity contribution >= 4 is 27.3 Å². The first-order valence-electron chi connectivity index (χ1n) is 11.8. The molecule has 0 unspecified atom stereocenters. The van der Waals surface area contributed by atoms with E-state index >= 15 is 0 Å². The fourth-order valence-electron chi connectivity index (χ4n) is 3.78. The average molecular weight is 540 g/mol. The van der Waals surface area contributed by atoms with E-state index in [-0.39, 0.29) is 10.6 Å². The van der Waals surface area contributed by atoms with Gasteiger partial charge in [0, 0.05) is 11.6 Å². The number of sulfonamides is 1. The first-order valence-corrected chi connectivity index (χ1v) is 13.2. The van der Waals surface area contributed by atoms with Crippen LogP contribution in [0.25, 0.3) is 0 Å². The van der Waals surface area contributed by atoms with Crippen LogP contribution in [0.4, 0.5) is 5.69 Å². The topological polar surface area (TPSA) is 116 Å². The summed E-state index contributed by atoms with van der Waals surface area (Å²) < 4.78 is 50.0. The second-order valence-electron chi connectivity index (χ2n) is 8.45. The Kier molecular flexibility index (Phi) is 8.06. The van der Waals surface area contributed by atoms with Crippen molar-refractivity contribution in [3.63, 3.8) is 0 Å². The van der Waals surface area contributed by atoms with Crippen molar-refractivity contribution in [2.24, 2.45) is 5.10 Å². The van der Waals surface area contributed by atoms with Gasteiger partial charge in [-0.3, -0.25) is 9.10 Å². The summed E-state index contributed by atoms with van der Waals surface area (Å²) in [6.07, 6.45) is 0. The van der Waals surface area contributed by atoms with E-state index in [2.05, 4.69) is 10.5 Å². The molecule has 1 aliphatic heterocycles. The maximum Gasteiger partial charge on any atom is 0.264 e. The van der Waals surface area contributed by atoms with E-state index in [1.165, 1.54) is 32.4 Å². The number of nitrogens with one attached hydrogen (secondary N) is 1. The van der Waals surface area contributed by atoms with Gasteiger partial charge in [0.15, 0.2) is 23.0 Å². The number of nitrogens with zero attached hydrogens (tertiary/aromatic N) is 2. The number of carbonyl (C=O) groups excluding carboxylic acids is 1. The van der Waals surface area contributed by atoms with E-state index in [9.17, 15) is 13.2 Å². The molecule has 10 nitrogen and oxygen atoms in total. The number of anilines is 1. The number of rotatable bonds is 9. The Labute approximate surface area is 221 Å². The maximum atomic E-state index is 13.6. The SMILES string of the molecule is COc1ccc(N(CC(=O)N/N=C(\C)c2ccc3c(c2)OCCO3)S(=O)(=O)c2ccc(C)cc2)cc1OC. The lowest BCUT2D eigenvalue weighted by molar-refractivity contribution is -0.119. The molecular formula is C27H29N3O7S. The number of hydrazone groups is 1. The molecular weight excluding hydrogens is 510 g/mol. The first kappa shape index (κ1) is 26.8. The minimum atomic E-state index is -4.11. The van der Waals surface area contributed by atoms with Crippen LogP contribution in [0, 0.1) is 6.92 Å². The predicted octanol–water partition coefficient (Wildman–Crippen LogP) is 3.52. The molecule has 4 rings (SSSR count). The Morgan fingerprint density at radius 3 is 2.32 bits per heavy atom. The average Bonchev–Trinajstić information content (AvgIpc) is 2.94. The number of aryl methyl sites for hydroxylation is 1. The van der Waals surface area contributed by atoms with Gasteiger partial charge < -0.3 is 18.9 Å². The molecule has 0 bridgehead atoms. The zero-order chi connectivity index (χ0) is 27.3. The van der Waals surface area contributed by atoms with Crippen LogP contribution < -0.4 is 28.7 Å². The van der Waals surface area contributed by atoms with Crippen molar-refractivity contribution in [2.45, 2.75) is 18.7 Å². The molecule has 0 radical (unpaired) electrons. The number of ether oxygens (including phenoxy) is 4. The van der Waals surface area contributed by atoms with Gasteiger partial charge in [0.25, 0.3) is 15.9 Å². The summed E-state index contributed by atoms with van der Waals surface area (Å²) in [6.45, 7) is 3.99. The second kappa shape index (κ2) is 11.4. The smallest absolute Gasteiger partial charge is 0.264 e. The van der Waals surface area contributed by atoms with E-state index in [1.807, 2.05) is 6.92 Å². The molecule has 0 saturated heterocycles. The zero-order valence-corrected chi connectivity index (χ0v) is 22.4. The third-order valence-corrected chi connectivity index (χ3v) is 7.65. The van der Waals surface area contributed by atoms with Crippen LogP contribution in [0.5, 0.6) is 23.0 Å². The molecule has 3 aromatic carbocycles. The molecule has 1 aliphatic rings. The van der Waals surface area contributed by atoms with Crippen molar-refractivity contribution in [1.82, 2.24) is 5.43 Å². The van der Waals surface area contributed by atoms with Crippen molar-refractivity contribution in [2.75, 3.05) is 38.3 Å². The summed E-state index contributed by atoms with van der Waals surface area (Å²) in [5, 5.41) is 4.17. The van der Waals surface area contributed by atoms with Gasteiger partial charge >= 0.3 is 0 Å². The highest BCUT2D eigenvalue weighted by molar-refractivity contribution is 7.92. The van der Waals surface area contributed by atoms with Crippen LogP contribution in [0.3, 0.4) is 0 Å². The van der Waals surface area contributed by atoms with Crippen molar-refractivity contribution in [1.29, 1.82) is 0 Å². The van der Waals surface area contributed by atoms with E-state index in [1.54, 1.807) is 49.4 Å². The zero-order valence-electron chi connectivity index (χ0n) is 21.6. The van der Waals surface area contributed by atoms with E-state index < -0.39 is 22.5 Å². The Balaban J connectivity index is 1.61. The predicted molar refractivity (Wildman–Crippen MR) is 143 cm³/mol. The number of hydrogen-bond acceptors (Lipinski definition) is 8. The lowest BCUT2D eigenvalue weighted by Gasteiger charge is -2.24. The fourth-order valence-corrected chi connectivity index (χ4v) is 5.19. The summed E-state index contributed by atoms with van der Waals surface area (Å²) in [4.78, 5) is 13.0. The third-order valence-electron chi connectivity index (χ3n) is 5.86. The van der Waals surface area contributed by atoms with E-state index in [4.69, 9.17) is 18.9 Å². The number of methoxy groups -OCH3 is 2. The molecule has 3 aromatic rings. The highest BCUT2D eigenvalue weighted by atomic mass is 32.2. The van der Waals surface area contributed by atoms with Crippen molar-refractivity contribution in [3.8, 4) is 23.0 Å². The standard InChI is InChI=1S/C27H29N3O7S/c1-18-5-9-22(10-6-18)38(32,33)30(21-8-12-23(34-3)25(16-21)35-4)17-27(31)29-28-19(2)20-7-11-24-26(15-20)37-14-13-36-24/h5-12,15-16H,13-14,17H2,1-4H3,(H,29,31)/b28-19+. The molecule has 0 aliphatic carbocycles. The second-order valence-corrected chi connectivity index (χ2v) is 10.3. The number of benzene rings is 3. The third kappa shape index (κ3) is 5.83. The van der Waals surface area contributed by atoms with Gasteiger partial charge in [0.2, 0.25) is 0 Å². The van der Waals surface area contributed by atoms with Gasteiger partial charge in [-0.15, -0.1) is 0 Å². The molecule has 38 heavy (non-hydrogen) atoms. The first-order chi connectivity index (χ1) is 18.2. The van der Waals surface area contributed by atoms with Crippen molar-refractivity contribution < 1.29 is 32.2 Å². The van der Waals surface area contributed by atoms with E-state index in [0.29, 0.717) is 41.9 Å². The maximum absolute atomic E-state index is 13.6. The Morgan fingerprint density at radius 1 is 0.947 bits per heavy atom. The molecule has 0 atom stereocenters. The number of hydrogen-bond donors (Lipinski definition) is 1. The lowest BCUT2D eigenvalue weighted by atomic mass is 10.1. The minimum Gasteiger partial charge on any atom is -0.493 e. The fraction of sp³-hybridized carbons (Fsp3) is 0.259. The molecule has 0 spiro atoms. The monoisotopic (exact) mass is 539 g/mol. The Morgan fingerprint density at radius 2 is 1.63 bits per heavy atom. The number of fused-ring (bicyclic) bond motifs is 1. The molecule has 1 N–H and O–H groups in total. The highest BCUT2D eigenvalue weighted by Gasteiger charge is 2.28. The van der Waals surface area contributed by atoms with Gasteiger partial charge in [-0.25, -0.2) is 13.8 Å². The largest absolute Gasteiger partial charge is 0.493 e. The lowest BCUT2D eigenvalue weighted by Crippen LogP contribution is -2.39. The van der Waals surface area contributed by atoms with Gasteiger partial charge in [-0.2, -0.15) is 5.10 Å². The Bertz CT molecular complexity index is 1450. The van der Waals surface area contributed by atoms with Gasteiger partial charge in [0.05, 0.1) is 30.5 Å². The molecule has 0 aromatic heterocycles. The molecule has 0 fully saturated rings. The number of amides is 1. The van der Waals surface area contributed by atoms with Crippen molar-refractivity contribution in [3.05, 3.63) is 71.8 Å². The molecule has 1 heterocycles. The Hall–Kier alpha value is -4.25. The van der Waals surface area contributed by atoms with Crippen LogP contribution in [0.15, 0.2) is 70.7 Å². The van der Waals surface area contributed by atoms with Gasteiger partial charge in [-0.05, 0) is 56.3 Å². The van der Waals surface area contributed by atoms with E-state index in [0.717, 1.165) is 15.4 Å². The summed E-state index contributed by atoms with van der Waals surface area (Å²) in [7, 11) is -1.19. The molecule has 1 amide bonds. The van der Waals surface area contributed by atoms with Gasteiger partial charge in [0.1, 0.15) is 19.8 Å². The van der Waals surface area contributed by atoms with Crippen LogP contribution in [0.1, 0.15) is 18.1 Å². The van der Waals surface area contributed by atoms with Crippen LogP contribution in [0.2, 0.25) is 0 Å². The van der Waals surface area contributed by atoms with Crippen LogP contribution in [-0.4, -0.2) is 54.0 Å². The summed E-state index contributed by atoms with van der Waals surface area (Å²) >= 11 is 0. The normalized spacial score (nSPS) is 13.0. The summed E-state index contributed by atoms with van der Waals surface area (Å²) in [6, 6.07) is 16.4. The quantitative estimate of drug-likeness (QED) is 0.327. The summed E-state index contributed by atoms with van der Waals surface area (Å²) in [5.41, 5.74) is 4.82. The molecule has 200 valence electrons. The van der Waals surface area contributed by atoms with Gasteiger partial charge in [-0.1, -0.05) is 17.7 Å². The summed E-state index contributed by atoms with van der Waals surface area (Å²) in [5.74, 6) is 1.35. The molecule has 11 heteroatoms. The molecule has 0 saturated carbocycles. The van der Waals surface area contributed by atoms with Crippen LogP contribution >= 0.6 is 0 Å². The minimum absolute atomic E-state index is 0.0432. The highest BCUT2D eigenvalue weighted by Crippen LogP contribution is 2.34.